The van der Waals surface area contributed by atoms with E-state index in [4.69, 9.17) is 14.7 Å². The maximum atomic E-state index is 9.15. The van der Waals surface area contributed by atoms with Crippen LogP contribution in [-0.4, -0.2) is 26.3 Å². The molecule has 0 spiro atoms. The molecule has 21 heavy (non-hydrogen) atoms. The fraction of sp³-hybridized carbons (Fsp3) is 0.250. The monoisotopic (exact) mass is 283 g/mol. The first-order chi connectivity index (χ1) is 10.2. The smallest absolute Gasteiger partial charge is 0.146 e. The molecule has 1 heterocycles. The summed E-state index contributed by atoms with van der Waals surface area (Å²) >= 11 is 0. The summed E-state index contributed by atoms with van der Waals surface area (Å²) < 4.78 is 10.6. The standard InChI is InChI=1S/C16H17N3O2/c1-19(16-12(10-17)5-4-8-18-16)11-13-9-14(20-2)6-7-15(13)21-3/h4-9H,11H2,1-3H3. The first kappa shape index (κ1) is 14.7. The summed E-state index contributed by atoms with van der Waals surface area (Å²) in [4.78, 5) is 6.19. The van der Waals surface area contributed by atoms with Gasteiger partial charge < -0.3 is 14.4 Å². The van der Waals surface area contributed by atoms with Crippen molar-refractivity contribution in [2.45, 2.75) is 6.54 Å². The first-order valence-corrected chi connectivity index (χ1v) is 6.46. The average molecular weight is 283 g/mol. The van der Waals surface area contributed by atoms with Crippen molar-refractivity contribution >= 4 is 5.82 Å². The fourth-order valence-corrected chi connectivity index (χ4v) is 2.12. The number of anilines is 1. The van der Waals surface area contributed by atoms with Gasteiger partial charge in [-0.2, -0.15) is 5.26 Å². The minimum absolute atomic E-state index is 0.543. The molecule has 5 heteroatoms. The molecule has 0 fully saturated rings. The van der Waals surface area contributed by atoms with Crippen molar-refractivity contribution in [3.05, 3.63) is 47.7 Å². The highest BCUT2D eigenvalue weighted by Crippen LogP contribution is 2.26. The third-order valence-electron chi connectivity index (χ3n) is 3.16. The molecule has 0 aliphatic carbocycles. The second kappa shape index (κ2) is 6.62. The Morgan fingerprint density at radius 2 is 2.05 bits per heavy atom. The number of nitrogens with zero attached hydrogens (tertiary/aromatic N) is 3. The van der Waals surface area contributed by atoms with E-state index >= 15 is 0 Å². The van der Waals surface area contributed by atoms with Crippen molar-refractivity contribution in [1.82, 2.24) is 4.98 Å². The first-order valence-electron chi connectivity index (χ1n) is 6.46. The van der Waals surface area contributed by atoms with Gasteiger partial charge in [-0.05, 0) is 30.3 Å². The van der Waals surface area contributed by atoms with Gasteiger partial charge in [-0.25, -0.2) is 4.98 Å². The van der Waals surface area contributed by atoms with E-state index in [1.165, 1.54) is 0 Å². The summed E-state index contributed by atoms with van der Waals surface area (Å²) in [5, 5.41) is 9.15. The van der Waals surface area contributed by atoms with Crippen LogP contribution >= 0.6 is 0 Å². The van der Waals surface area contributed by atoms with Crippen LogP contribution in [0, 0.1) is 11.3 Å². The van der Waals surface area contributed by atoms with Crippen LogP contribution in [-0.2, 0) is 6.54 Å². The lowest BCUT2D eigenvalue weighted by molar-refractivity contribution is 0.398. The van der Waals surface area contributed by atoms with Crippen molar-refractivity contribution < 1.29 is 9.47 Å². The number of ether oxygens (including phenoxy) is 2. The summed E-state index contributed by atoms with van der Waals surface area (Å²) in [6.45, 7) is 0.562. The number of nitriles is 1. The molecule has 0 atom stereocenters. The van der Waals surface area contributed by atoms with Gasteiger partial charge in [-0.1, -0.05) is 0 Å². The highest BCUT2D eigenvalue weighted by Gasteiger charge is 2.12. The number of rotatable bonds is 5. The molecule has 0 saturated heterocycles. The molecule has 108 valence electrons. The Hall–Kier alpha value is -2.74. The van der Waals surface area contributed by atoms with Crippen molar-refractivity contribution in [2.24, 2.45) is 0 Å². The lowest BCUT2D eigenvalue weighted by Gasteiger charge is -2.20. The van der Waals surface area contributed by atoms with Gasteiger partial charge in [-0.3, -0.25) is 0 Å². The van der Waals surface area contributed by atoms with Crippen LogP contribution in [0.3, 0.4) is 0 Å². The van der Waals surface area contributed by atoms with E-state index in [1.807, 2.05) is 30.1 Å². The molecule has 0 aliphatic heterocycles. The molecule has 2 aromatic rings. The molecular formula is C16H17N3O2. The number of aromatic nitrogens is 1. The van der Waals surface area contributed by atoms with Crippen molar-refractivity contribution in [1.29, 1.82) is 5.26 Å². The lowest BCUT2D eigenvalue weighted by Crippen LogP contribution is -2.19. The van der Waals surface area contributed by atoms with E-state index in [-0.39, 0.29) is 0 Å². The van der Waals surface area contributed by atoms with Gasteiger partial charge in [0.05, 0.1) is 19.8 Å². The van der Waals surface area contributed by atoms with E-state index in [0.717, 1.165) is 17.1 Å². The molecule has 0 bridgehead atoms. The zero-order chi connectivity index (χ0) is 15.2. The molecule has 1 aromatic carbocycles. The molecule has 0 N–H and O–H groups in total. The fourth-order valence-electron chi connectivity index (χ4n) is 2.12. The topological polar surface area (TPSA) is 58.4 Å². The molecule has 0 saturated carbocycles. The number of methoxy groups -OCH3 is 2. The Balaban J connectivity index is 2.31. The number of hydrogen-bond donors (Lipinski definition) is 0. The number of benzene rings is 1. The zero-order valence-corrected chi connectivity index (χ0v) is 12.3. The van der Waals surface area contributed by atoms with Crippen LogP contribution in [0.1, 0.15) is 11.1 Å². The normalized spacial score (nSPS) is 9.81. The van der Waals surface area contributed by atoms with Gasteiger partial charge in [0, 0.05) is 25.4 Å². The maximum Gasteiger partial charge on any atom is 0.146 e. The second-order valence-corrected chi connectivity index (χ2v) is 4.52. The summed E-state index contributed by atoms with van der Waals surface area (Å²) in [5.41, 5.74) is 1.51. The van der Waals surface area contributed by atoms with Gasteiger partial charge >= 0.3 is 0 Å². The third-order valence-corrected chi connectivity index (χ3v) is 3.16. The van der Waals surface area contributed by atoms with Crippen molar-refractivity contribution in [3.63, 3.8) is 0 Å². The predicted octanol–water partition coefficient (Wildman–Crippen LogP) is 2.61. The van der Waals surface area contributed by atoms with E-state index in [1.54, 1.807) is 32.5 Å². The highest BCUT2D eigenvalue weighted by atomic mass is 16.5. The van der Waals surface area contributed by atoms with Crippen LogP contribution < -0.4 is 14.4 Å². The van der Waals surface area contributed by atoms with Crippen LogP contribution in [0.25, 0.3) is 0 Å². The van der Waals surface area contributed by atoms with Gasteiger partial charge in [0.25, 0.3) is 0 Å². The van der Waals surface area contributed by atoms with Crippen LogP contribution in [0.4, 0.5) is 5.82 Å². The molecule has 0 aliphatic rings. The van der Waals surface area contributed by atoms with Gasteiger partial charge in [-0.15, -0.1) is 0 Å². The number of pyridine rings is 1. The average Bonchev–Trinajstić information content (AvgIpc) is 2.54. The predicted molar refractivity (Wildman–Crippen MR) is 80.6 cm³/mol. The summed E-state index contributed by atoms with van der Waals surface area (Å²) in [6, 6.07) is 11.3. The zero-order valence-electron chi connectivity index (χ0n) is 12.3. The molecule has 0 amide bonds. The van der Waals surface area contributed by atoms with E-state index in [9.17, 15) is 0 Å². The largest absolute Gasteiger partial charge is 0.497 e. The van der Waals surface area contributed by atoms with Crippen LogP contribution in [0.5, 0.6) is 11.5 Å². The Bertz CT molecular complexity index is 665. The molecule has 2 rings (SSSR count). The summed E-state index contributed by atoms with van der Waals surface area (Å²) in [6.07, 6.45) is 1.68. The van der Waals surface area contributed by atoms with Crippen molar-refractivity contribution in [2.75, 3.05) is 26.2 Å². The molecule has 5 nitrogen and oxygen atoms in total. The van der Waals surface area contributed by atoms with E-state index in [0.29, 0.717) is 17.9 Å². The molecule has 1 aromatic heterocycles. The Labute approximate surface area is 124 Å². The molecule has 0 radical (unpaired) electrons. The Morgan fingerprint density at radius 1 is 1.24 bits per heavy atom. The van der Waals surface area contributed by atoms with Crippen LogP contribution in [0.15, 0.2) is 36.5 Å². The van der Waals surface area contributed by atoms with Gasteiger partial charge in [0.15, 0.2) is 0 Å². The Morgan fingerprint density at radius 3 is 2.71 bits per heavy atom. The van der Waals surface area contributed by atoms with E-state index < -0.39 is 0 Å². The van der Waals surface area contributed by atoms with Gasteiger partial charge in [0.2, 0.25) is 0 Å². The van der Waals surface area contributed by atoms with Crippen molar-refractivity contribution in [3.8, 4) is 17.6 Å². The number of hydrogen-bond acceptors (Lipinski definition) is 5. The lowest BCUT2D eigenvalue weighted by atomic mass is 10.1. The minimum atomic E-state index is 0.543. The second-order valence-electron chi connectivity index (χ2n) is 4.52. The molecule has 0 unspecified atom stereocenters. The summed E-state index contributed by atoms with van der Waals surface area (Å²) in [7, 11) is 5.15. The van der Waals surface area contributed by atoms with Gasteiger partial charge in [0.1, 0.15) is 23.4 Å². The van der Waals surface area contributed by atoms with E-state index in [2.05, 4.69) is 11.1 Å². The highest BCUT2D eigenvalue weighted by molar-refractivity contribution is 5.54. The molecular weight excluding hydrogens is 266 g/mol. The third kappa shape index (κ3) is 3.23. The maximum absolute atomic E-state index is 9.15. The SMILES string of the molecule is COc1ccc(OC)c(CN(C)c2ncccc2C#N)c1. The van der Waals surface area contributed by atoms with Crippen LogP contribution in [0.2, 0.25) is 0 Å². The minimum Gasteiger partial charge on any atom is -0.497 e. The quantitative estimate of drug-likeness (QED) is 0.844. The summed E-state index contributed by atoms with van der Waals surface area (Å²) in [5.74, 6) is 2.18. The Kier molecular flexibility index (Phi) is 4.62.